The van der Waals surface area contributed by atoms with Gasteiger partial charge in [-0.05, 0) is 18.6 Å². The number of aryl methyl sites for hydroxylation is 1. The zero-order chi connectivity index (χ0) is 9.97. The molecule has 0 aliphatic carbocycles. The molecule has 0 saturated carbocycles. The Morgan fingerprint density at radius 3 is 2.93 bits per heavy atom. The van der Waals surface area contributed by atoms with Crippen molar-refractivity contribution in [2.75, 3.05) is 0 Å². The van der Waals surface area contributed by atoms with Crippen LogP contribution in [0.1, 0.15) is 12.6 Å². The van der Waals surface area contributed by atoms with Crippen LogP contribution in [0.2, 0.25) is 0 Å². The second-order valence-electron chi connectivity index (χ2n) is 3.01. The lowest BCUT2D eigenvalue weighted by Gasteiger charge is -1.95. The summed E-state index contributed by atoms with van der Waals surface area (Å²) in [6, 6.07) is 6.54. The van der Waals surface area contributed by atoms with Crippen molar-refractivity contribution in [3.8, 4) is 10.6 Å². The quantitative estimate of drug-likeness (QED) is 0.734. The summed E-state index contributed by atoms with van der Waals surface area (Å²) in [4.78, 5) is 4.39. The minimum Gasteiger partial charge on any atom is -0.241 e. The molecule has 0 atom stereocenters. The predicted molar refractivity (Wildman–Crippen MR) is 56.9 cm³/mol. The molecule has 72 valence electrons. The first kappa shape index (κ1) is 9.34. The van der Waals surface area contributed by atoms with E-state index < -0.39 is 0 Å². The summed E-state index contributed by atoms with van der Waals surface area (Å²) in [7, 11) is 0. The van der Waals surface area contributed by atoms with Gasteiger partial charge in [-0.2, -0.15) is 0 Å². The highest BCUT2D eigenvalue weighted by Crippen LogP contribution is 2.24. The number of halogens is 1. The second-order valence-corrected chi connectivity index (χ2v) is 3.87. The number of hydrogen-bond donors (Lipinski definition) is 0. The van der Waals surface area contributed by atoms with Crippen molar-refractivity contribution >= 4 is 11.3 Å². The molecule has 0 fully saturated rings. The zero-order valence-corrected chi connectivity index (χ0v) is 8.64. The Balaban J connectivity index is 2.39. The van der Waals surface area contributed by atoms with Gasteiger partial charge in [0, 0.05) is 10.9 Å². The van der Waals surface area contributed by atoms with Gasteiger partial charge < -0.3 is 0 Å². The van der Waals surface area contributed by atoms with Gasteiger partial charge in [0.2, 0.25) is 0 Å². The van der Waals surface area contributed by atoms with Crippen LogP contribution in [0.3, 0.4) is 0 Å². The van der Waals surface area contributed by atoms with Gasteiger partial charge in [-0.25, -0.2) is 9.37 Å². The van der Waals surface area contributed by atoms with Crippen molar-refractivity contribution in [1.29, 1.82) is 0 Å². The number of thiazole rings is 1. The van der Waals surface area contributed by atoms with E-state index >= 15 is 0 Å². The van der Waals surface area contributed by atoms with Crippen LogP contribution < -0.4 is 0 Å². The van der Waals surface area contributed by atoms with Gasteiger partial charge in [0.25, 0.3) is 0 Å². The Morgan fingerprint density at radius 1 is 1.43 bits per heavy atom. The van der Waals surface area contributed by atoms with E-state index in [9.17, 15) is 4.39 Å². The Kier molecular flexibility index (Phi) is 2.59. The maximum atomic E-state index is 12.9. The summed E-state index contributed by atoms with van der Waals surface area (Å²) in [6.07, 6.45) is 0.922. The van der Waals surface area contributed by atoms with Crippen LogP contribution in [0.4, 0.5) is 4.39 Å². The second kappa shape index (κ2) is 3.88. The molecule has 14 heavy (non-hydrogen) atoms. The van der Waals surface area contributed by atoms with Crippen molar-refractivity contribution in [3.05, 3.63) is 41.2 Å². The van der Waals surface area contributed by atoms with Crippen LogP contribution in [0.15, 0.2) is 29.6 Å². The molecular weight excluding hydrogens is 197 g/mol. The zero-order valence-electron chi connectivity index (χ0n) is 7.83. The summed E-state index contributed by atoms with van der Waals surface area (Å²) in [5.74, 6) is -0.212. The van der Waals surface area contributed by atoms with Crippen LogP contribution in [0.25, 0.3) is 10.6 Å². The largest absolute Gasteiger partial charge is 0.241 e. The van der Waals surface area contributed by atoms with Crippen molar-refractivity contribution in [2.24, 2.45) is 0 Å². The van der Waals surface area contributed by atoms with Crippen molar-refractivity contribution in [2.45, 2.75) is 13.3 Å². The SMILES string of the molecule is CCc1csc(-c2cccc(F)c2)n1. The van der Waals surface area contributed by atoms with Gasteiger partial charge in [-0.1, -0.05) is 19.1 Å². The molecule has 1 nitrogen and oxygen atoms in total. The highest BCUT2D eigenvalue weighted by atomic mass is 32.1. The van der Waals surface area contributed by atoms with Crippen molar-refractivity contribution in [1.82, 2.24) is 4.98 Å². The molecule has 1 aromatic heterocycles. The van der Waals surface area contributed by atoms with Gasteiger partial charge in [0.15, 0.2) is 0 Å². The third-order valence-electron chi connectivity index (χ3n) is 1.99. The molecule has 2 rings (SSSR count). The summed E-state index contributed by atoms with van der Waals surface area (Å²) in [6.45, 7) is 2.06. The fourth-order valence-electron chi connectivity index (χ4n) is 1.22. The Labute approximate surface area is 86.2 Å². The van der Waals surface area contributed by atoms with Crippen molar-refractivity contribution < 1.29 is 4.39 Å². The monoisotopic (exact) mass is 207 g/mol. The molecule has 0 radical (unpaired) electrons. The fourth-order valence-corrected chi connectivity index (χ4v) is 2.12. The average molecular weight is 207 g/mol. The Bertz CT molecular complexity index is 436. The van der Waals surface area contributed by atoms with E-state index in [4.69, 9.17) is 0 Å². The van der Waals surface area contributed by atoms with Gasteiger partial charge in [0.05, 0.1) is 5.69 Å². The minimum atomic E-state index is -0.212. The molecule has 0 unspecified atom stereocenters. The normalized spacial score (nSPS) is 10.4. The highest BCUT2D eigenvalue weighted by molar-refractivity contribution is 7.13. The fraction of sp³-hybridized carbons (Fsp3) is 0.182. The van der Waals surface area contributed by atoms with Crippen LogP contribution in [-0.2, 0) is 6.42 Å². The van der Waals surface area contributed by atoms with E-state index in [1.807, 2.05) is 11.4 Å². The summed E-state index contributed by atoms with van der Waals surface area (Å²) < 4.78 is 12.9. The highest BCUT2D eigenvalue weighted by Gasteiger charge is 2.03. The van der Waals surface area contributed by atoms with Crippen LogP contribution in [0, 0.1) is 5.82 Å². The molecule has 0 N–H and O–H groups in total. The van der Waals surface area contributed by atoms with E-state index in [2.05, 4.69) is 11.9 Å². The van der Waals surface area contributed by atoms with E-state index in [0.29, 0.717) is 0 Å². The molecule has 0 aliphatic heterocycles. The third kappa shape index (κ3) is 1.82. The van der Waals surface area contributed by atoms with Gasteiger partial charge in [-0.3, -0.25) is 0 Å². The summed E-state index contributed by atoms with van der Waals surface area (Å²) in [5, 5.41) is 2.90. The number of nitrogens with zero attached hydrogens (tertiary/aromatic N) is 1. The molecule has 0 spiro atoms. The topological polar surface area (TPSA) is 12.9 Å². The molecule has 1 aromatic carbocycles. The van der Waals surface area contributed by atoms with E-state index in [-0.39, 0.29) is 5.82 Å². The maximum absolute atomic E-state index is 12.9. The smallest absolute Gasteiger partial charge is 0.123 e. The molecule has 0 amide bonds. The lowest BCUT2D eigenvalue weighted by molar-refractivity contribution is 0.628. The number of rotatable bonds is 2. The van der Waals surface area contributed by atoms with E-state index in [0.717, 1.165) is 22.7 Å². The van der Waals surface area contributed by atoms with Crippen LogP contribution in [0.5, 0.6) is 0 Å². The first-order chi connectivity index (χ1) is 6.79. The predicted octanol–water partition coefficient (Wildman–Crippen LogP) is 3.51. The average Bonchev–Trinajstić information content (AvgIpc) is 2.66. The molecule has 2 aromatic rings. The van der Waals surface area contributed by atoms with E-state index in [1.165, 1.54) is 12.1 Å². The molecule has 0 aliphatic rings. The summed E-state index contributed by atoms with van der Waals surface area (Å²) in [5.41, 5.74) is 1.92. The van der Waals surface area contributed by atoms with Gasteiger partial charge in [0.1, 0.15) is 10.8 Å². The molecule has 0 saturated heterocycles. The maximum Gasteiger partial charge on any atom is 0.123 e. The Morgan fingerprint density at radius 2 is 2.29 bits per heavy atom. The third-order valence-corrected chi connectivity index (χ3v) is 2.93. The lowest BCUT2D eigenvalue weighted by Crippen LogP contribution is -1.81. The molecule has 3 heteroatoms. The first-order valence-electron chi connectivity index (χ1n) is 4.50. The molecular formula is C11H10FNS. The minimum absolute atomic E-state index is 0.212. The summed E-state index contributed by atoms with van der Waals surface area (Å²) >= 11 is 1.56. The van der Waals surface area contributed by atoms with E-state index in [1.54, 1.807) is 17.4 Å². The molecule has 1 heterocycles. The van der Waals surface area contributed by atoms with Gasteiger partial charge >= 0.3 is 0 Å². The molecule has 0 bridgehead atoms. The van der Waals surface area contributed by atoms with Crippen LogP contribution in [-0.4, -0.2) is 4.98 Å². The van der Waals surface area contributed by atoms with Crippen molar-refractivity contribution in [3.63, 3.8) is 0 Å². The standard InChI is InChI=1S/C11H10FNS/c1-2-10-7-14-11(13-10)8-4-3-5-9(12)6-8/h3-7H,2H2,1H3. The van der Waals surface area contributed by atoms with Crippen LogP contribution >= 0.6 is 11.3 Å². The Hall–Kier alpha value is -1.22. The number of benzene rings is 1. The van der Waals surface area contributed by atoms with Gasteiger partial charge in [-0.15, -0.1) is 11.3 Å². The number of aromatic nitrogens is 1. The lowest BCUT2D eigenvalue weighted by atomic mass is 10.2. The number of hydrogen-bond acceptors (Lipinski definition) is 2. The first-order valence-corrected chi connectivity index (χ1v) is 5.38.